The van der Waals surface area contributed by atoms with Gasteiger partial charge >= 0.3 is 0 Å². The number of carbonyl (C=O) groups excluding carboxylic acids is 2. The molecule has 4 rings (SSSR count). The third kappa shape index (κ3) is 4.54. The van der Waals surface area contributed by atoms with E-state index in [4.69, 9.17) is 0 Å². The number of anilines is 1. The number of hydrogen-bond donors (Lipinski definition) is 2. The summed E-state index contributed by atoms with van der Waals surface area (Å²) < 4.78 is 2.19. The fraction of sp³-hybridized carbons (Fsp3) is 0.0435. The molecule has 0 radical (unpaired) electrons. The van der Waals surface area contributed by atoms with E-state index >= 15 is 0 Å². The van der Waals surface area contributed by atoms with Crippen molar-refractivity contribution in [3.05, 3.63) is 88.9 Å². The maximum Gasteiger partial charge on any atom is 0.295 e. The minimum Gasteiger partial charge on any atom is -0.493 e. The van der Waals surface area contributed by atoms with E-state index in [-0.39, 0.29) is 24.0 Å². The molecule has 2 amide bonds. The van der Waals surface area contributed by atoms with Gasteiger partial charge in [0.1, 0.15) is 6.54 Å². The normalized spacial score (nSPS) is 11.1. The van der Waals surface area contributed by atoms with Crippen molar-refractivity contribution in [2.75, 3.05) is 5.32 Å². The standard InChI is InChI=1S/C23H17BrN4O3/c24-16-11-12-19-18(13-16)21(26-27-22(30)15-7-3-1-4-8-15)23(31)28(19)14-20(29)25-17-9-5-2-6-10-17/h1-13,31H,14H2,(H,25,29). The average molecular weight is 477 g/mol. The van der Waals surface area contributed by atoms with Gasteiger partial charge in [0.25, 0.3) is 5.91 Å². The Balaban J connectivity index is 1.67. The van der Waals surface area contributed by atoms with E-state index in [1.54, 1.807) is 60.7 Å². The molecule has 0 spiro atoms. The third-order valence-corrected chi connectivity index (χ3v) is 5.09. The van der Waals surface area contributed by atoms with E-state index in [2.05, 4.69) is 31.5 Å². The molecule has 7 nitrogen and oxygen atoms in total. The van der Waals surface area contributed by atoms with Crippen molar-refractivity contribution in [1.82, 2.24) is 4.57 Å². The molecule has 31 heavy (non-hydrogen) atoms. The number of hydrogen-bond acceptors (Lipinski definition) is 4. The summed E-state index contributed by atoms with van der Waals surface area (Å²) in [7, 11) is 0. The Labute approximate surface area is 186 Å². The van der Waals surface area contributed by atoms with E-state index < -0.39 is 5.91 Å². The van der Waals surface area contributed by atoms with Gasteiger partial charge < -0.3 is 15.0 Å². The Bertz CT molecular complexity index is 1280. The predicted molar refractivity (Wildman–Crippen MR) is 122 cm³/mol. The molecule has 154 valence electrons. The number of benzene rings is 3. The van der Waals surface area contributed by atoms with Gasteiger partial charge in [-0.25, -0.2) is 0 Å². The second-order valence-corrected chi connectivity index (χ2v) is 7.62. The van der Waals surface area contributed by atoms with Crippen molar-refractivity contribution in [2.24, 2.45) is 10.2 Å². The van der Waals surface area contributed by atoms with Crippen LogP contribution in [-0.2, 0) is 11.3 Å². The molecule has 0 aliphatic rings. The highest BCUT2D eigenvalue weighted by molar-refractivity contribution is 9.10. The van der Waals surface area contributed by atoms with Crippen LogP contribution in [0.5, 0.6) is 5.88 Å². The molecule has 1 heterocycles. The van der Waals surface area contributed by atoms with Crippen LogP contribution in [0, 0.1) is 0 Å². The van der Waals surface area contributed by atoms with Crippen LogP contribution >= 0.6 is 15.9 Å². The summed E-state index contributed by atoms with van der Waals surface area (Å²) in [6.07, 6.45) is 0. The fourth-order valence-corrected chi connectivity index (χ4v) is 3.51. The van der Waals surface area contributed by atoms with Gasteiger partial charge in [0.15, 0.2) is 5.69 Å². The van der Waals surface area contributed by atoms with E-state index in [9.17, 15) is 14.7 Å². The van der Waals surface area contributed by atoms with Crippen molar-refractivity contribution in [2.45, 2.75) is 6.54 Å². The molecule has 4 aromatic rings. The Morgan fingerprint density at radius 3 is 2.35 bits per heavy atom. The summed E-state index contributed by atoms with van der Waals surface area (Å²) in [5.74, 6) is -1.09. The first-order valence-corrected chi connectivity index (χ1v) is 10.2. The molecule has 1 aromatic heterocycles. The van der Waals surface area contributed by atoms with Crippen LogP contribution in [0.3, 0.4) is 0 Å². The molecule has 0 unspecified atom stereocenters. The fourth-order valence-electron chi connectivity index (χ4n) is 3.15. The summed E-state index contributed by atoms with van der Waals surface area (Å²) >= 11 is 3.40. The Kier molecular flexibility index (Phi) is 5.90. The van der Waals surface area contributed by atoms with Crippen LogP contribution in [0.2, 0.25) is 0 Å². The van der Waals surface area contributed by atoms with Gasteiger partial charge in [0.2, 0.25) is 11.8 Å². The first-order valence-electron chi connectivity index (χ1n) is 9.39. The topological polar surface area (TPSA) is 96.1 Å². The summed E-state index contributed by atoms with van der Waals surface area (Å²) in [6, 6.07) is 22.9. The summed E-state index contributed by atoms with van der Waals surface area (Å²) in [6.45, 7) is -0.138. The molecule has 8 heteroatoms. The highest BCUT2D eigenvalue weighted by Crippen LogP contribution is 2.40. The van der Waals surface area contributed by atoms with Crippen molar-refractivity contribution in [1.29, 1.82) is 0 Å². The zero-order chi connectivity index (χ0) is 21.8. The van der Waals surface area contributed by atoms with E-state index in [1.807, 2.05) is 18.2 Å². The number of azo groups is 1. The Hall–Kier alpha value is -3.78. The van der Waals surface area contributed by atoms with Gasteiger partial charge in [-0.05, 0) is 42.5 Å². The van der Waals surface area contributed by atoms with Crippen LogP contribution in [-0.4, -0.2) is 21.5 Å². The largest absolute Gasteiger partial charge is 0.493 e. The van der Waals surface area contributed by atoms with Crippen LogP contribution in [0.25, 0.3) is 10.9 Å². The first kappa shape index (κ1) is 20.5. The van der Waals surface area contributed by atoms with Crippen molar-refractivity contribution >= 4 is 50.0 Å². The molecule has 0 bridgehead atoms. The smallest absolute Gasteiger partial charge is 0.295 e. The quantitative estimate of drug-likeness (QED) is 0.363. The summed E-state index contributed by atoms with van der Waals surface area (Å²) in [4.78, 5) is 24.8. The van der Waals surface area contributed by atoms with Crippen molar-refractivity contribution in [3.63, 3.8) is 0 Å². The summed E-state index contributed by atoms with van der Waals surface area (Å²) in [5, 5.41) is 21.9. The van der Waals surface area contributed by atoms with Gasteiger partial charge in [0.05, 0.1) is 5.52 Å². The maximum atomic E-state index is 12.5. The molecule has 3 aromatic carbocycles. The molecule has 2 N–H and O–H groups in total. The van der Waals surface area contributed by atoms with Gasteiger partial charge in [-0.15, -0.1) is 10.2 Å². The second-order valence-electron chi connectivity index (χ2n) is 6.71. The second kappa shape index (κ2) is 8.93. The van der Waals surface area contributed by atoms with Gasteiger partial charge in [-0.3, -0.25) is 9.59 Å². The van der Waals surface area contributed by atoms with E-state index in [1.165, 1.54) is 4.57 Å². The number of amides is 2. The number of rotatable bonds is 5. The Morgan fingerprint density at radius 2 is 1.65 bits per heavy atom. The number of carbonyl (C=O) groups is 2. The zero-order valence-electron chi connectivity index (χ0n) is 16.2. The molecule has 0 atom stereocenters. The minimum atomic E-state index is -0.530. The number of aromatic hydroxyl groups is 1. The highest BCUT2D eigenvalue weighted by atomic mass is 79.9. The van der Waals surface area contributed by atoms with Gasteiger partial charge in [-0.1, -0.05) is 52.3 Å². The SMILES string of the molecule is O=C(Cn1c(O)c(N=NC(=O)c2ccccc2)c2cc(Br)ccc21)Nc1ccccc1. The minimum absolute atomic E-state index is 0.119. The third-order valence-electron chi connectivity index (χ3n) is 4.59. The summed E-state index contributed by atoms with van der Waals surface area (Å²) in [5.41, 5.74) is 1.75. The predicted octanol–water partition coefficient (Wildman–Crippen LogP) is 5.67. The zero-order valence-corrected chi connectivity index (χ0v) is 17.8. The number of aromatic nitrogens is 1. The monoisotopic (exact) mass is 476 g/mol. The molecule has 0 aliphatic heterocycles. The lowest BCUT2D eigenvalue weighted by Gasteiger charge is -2.08. The van der Waals surface area contributed by atoms with E-state index in [0.29, 0.717) is 22.2 Å². The van der Waals surface area contributed by atoms with Crippen LogP contribution < -0.4 is 5.32 Å². The number of nitrogens with one attached hydrogen (secondary N) is 1. The maximum absolute atomic E-state index is 12.5. The number of para-hydroxylation sites is 1. The molecule has 0 fully saturated rings. The molecule has 0 saturated carbocycles. The lowest BCUT2D eigenvalue weighted by molar-refractivity contribution is -0.116. The lowest BCUT2D eigenvalue weighted by atomic mass is 10.2. The van der Waals surface area contributed by atoms with E-state index in [0.717, 1.165) is 4.47 Å². The van der Waals surface area contributed by atoms with Crippen LogP contribution in [0.1, 0.15) is 10.4 Å². The highest BCUT2D eigenvalue weighted by Gasteiger charge is 2.19. The van der Waals surface area contributed by atoms with Crippen molar-refractivity contribution < 1.29 is 14.7 Å². The van der Waals surface area contributed by atoms with Crippen molar-refractivity contribution in [3.8, 4) is 5.88 Å². The average Bonchev–Trinajstić information content (AvgIpc) is 3.03. The van der Waals surface area contributed by atoms with Gasteiger partial charge in [0, 0.05) is 21.1 Å². The van der Waals surface area contributed by atoms with Gasteiger partial charge in [-0.2, -0.15) is 0 Å². The molecular weight excluding hydrogens is 460 g/mol. The lowest BCUT2D eigenvalue weighted by Crippen LogP contribution is -2.18. The molecular formula is C23H17BrN4O3. The Morgan fingerprint density at radius 1 is 0.968 bits per heavy atom. The number of nitrogens with zero attached hydrogens (tertiary/aromatic N) is 3. The molecule has 0 saturated heterocycles. The van der Waals surface area contributed by atoms with Crippen LogP contribution in [0.15, 0.2) is 93.6 Å². The molecule has 0 aliphatic carbocycles. The van der Waals surface area contributed by atoms with Crippen LogP contribution in [0.4, 0.5) is 11.4 Å². The first-order chi connectivity index (χ1) is 15.0. The number of halogens is 1. The number of fused-ring (bicyclic) bond motifs is 1.